The maximum atomic E-state index is 11.4. The summed E-state index contributed by atoms with van der Waals surface area (Å²) in [5.41, 5.74) is 1.18. The first kappa shape index (κ1) is 48.3. The second-order valence-electron chi connectivity index (χ2n) is 11.3. The second-order valence-corrected chi connectivity index (χ2v) is 12.1. The molecule has 0 aliphatic carbocycles. The molecule has 1 unspecified atom stereocenters. The third-order valence-corrected chi connectivity index (χ3v) is 7.68. The van der Waals surface area contributed by atoms with E-state index in [0.29, 0.717) is 32.1 Å². The summed E-state index contributed by atoms with van der Waals surface area (Å²) >= 11 is 1.14. The molecule has 1 rings (SSSR count). The maximum absolute atomic E-state index is 11.4. The van der Waals surface area contributed by atoms with Crippen LogP contribution in [0, 0.1) is 22.5 Å². The molecule has 0 aliphatic heterocycles. The smallest absolute Gasteiger partial charge is 0.317 e. The number of nitriles is 1. The van der Waals surface area contributed by atoms with Gasteiger partial charge < -0.3 is 20.4 Å². The van der Waals surface area contributed by atoms with Crippen molar-refractivity contribution in [1.82, 2.24) is 9.80 Å². The van der Waals surface area contributed by atoms with Gasteiger partial charge in [0.2, 0.25) is 0 Å². The molecule has 47 heavy (non-hydrogen) atoms. The quantitative estimate of drug-likeness (QED) is 0.0757. The Morgan fingerprint density at radius 3 is 1.57 bits per heavy atom. The van der Waals surface area contributed by atoms with E-state index in [2.05, 4.69) is 33.1 Å². The summed E-state index contributed by atoms with van der Waals surface area (Å²) in [6.07, 6.45) is 7.97. The average molecular weight is 684 g/mol. The average Bonchev–Trinajstić information content (AvgIpc) is 3.03. The van der Waals surface area contributed by atoms with E-state index < -0.39 is 23.9 Å². The summed E-state index contributed by atoms with van der Waals surface area (Å²) in [5.74, 6) is -1.97. The third kappa shape index (κ3) is 34.0. The van der Waals surface area contributed by atoms with Crippen LogP contribution >= 0.6 is 11.8 Å². The minimum absolute atomic E-state index is 0.0267. The molecule has 0 bridgehead atoms. The predicted octanol–water partition coefficient (Wildman–Crippen LogP) is 7.20. The first-order chi connectivity index (χ1) is 22.2. The van der Waals surface area contributed by atoms with Crippen LogP contribution in [0.5, 0.6) is 0 Å². The van der Waals surface area contributed by atoms with Gasteiger partial charge in [0.15, 0.2) is 0 Å². The Balaban J connectivity index is -0.000000990. The Morgan fingerprint density at radius 2 is 1.21 bits per heavy atom. The van der Waals surface area contributed by atoms with E-state index in [4.69, 9.17) is 20.6 Å². The van der Waals surface area contributed by atoms with Gasteiger partial charge in [-0.25, -0.2) is 0 Å². The van der Waals surface area contributed by atoms with E-state index in [0.717, 1.165) is 54.7 Å². The van der Waals surface area contributed by atoms with Crippen LogP contribution < -0.4 is 0 Å². The molecular weight excluding hydrogens is 622 g/mol. The number of hydrogen-bond acceptors (Lipinski definition) is 8. The lowest BCUT2D eigenvalue weighted by molar-refractivity contribution is -0.140. The molecule has 0 aromatic heterocycles. The number of benzene rings is 1. The number of hydrogen-bond donors (Lipinski definition) is 4. The Morgan fingerprint density at radius 1 is 0.745 bits per heavy atom. The van der Waals surface area contributed by atoms with Gasteiger partial charge in [0, 0.05) is 37.4 Å². The molecule has 1 aromatic carbocycles. The Hall–Kier alpha value is -3.14. The van der Waals surface area contributed by atoms with Gasteiger partial charge in [0.05, 0.1) is 13.1 Å². The highest BCUT2D eigenvalue weighted by atomic mass is 32.2. The maximum Gasteiger partial charge on any atom is 0.317 e. The zero-order valence-electron chi connectivity index (χ0n) is 29.7. The van der Waals surface area contributed by atoms with E-state index in [9.17, 15) is 24.3 Å². The van der Waals surface area contributed by atoms with E-state index in [1.807, 2.05) is 41.0 Å². The monoisotopic (exact) mass is 683 g/mol. The molecular formula is C35H61N3O8S. The second kappa shape index (κ2) is 32.8. The van der Waals surface area contributed by atoms with E-state index >= 15 is 0 Å². The summed E-state index contributed by atoms with van der Waals surface area (Å²) in [7, 11) is 0. The van der Waals surface area contributed by atoms with Crippen molar-refractivity contribution in [2.75, 3.05) is 39.3 Å². The fourth-order valence-corrected chi connectivity index (χ4v) is 4.35. The number of thioether (sulfide) groups is 1. The number of carbonyl (C=O) groups is 4. The highest BCUT2D eigenvalue weighted by molar-refractivity contribution is 8.03. The molecule has 0 heterocycles. The van der Waals surface area contributed by atoms with Crippen LogP contribution in [0.1, 0.15) is 105 Å². The normalized spacial score (nSPS) is 10.8. The van der Waals surface area contributed by atoms with Gasteiger partial charge in [0.1, 0.15) is 5.40 Å². The molecule has 270 valence electrons. The zero-order valence-corrected chi connectivity index (χ0v) is 30.6. The highest BCUT2D eigenvalue weighted by Gasteiger charge is 2.19. The van der Waals surface area contributed by atoms with Crippen molar-refractivity contribution in [2.24, 2.45) is 11.8 Å². The Kier molecular flexibility index (Phi) is 33.7. The molecule has 0 fully saturated rings. The molecule has 0 saturated heterocycles. The van der Waals surface area contributed by atoms with Crippen LogP contribution in [0.2, 0.25) is 0 Å². The number of nitrogens with zero attached hydrogens (tertiary/aromatic N) is 3. The minimum Gasteiger partial charge on any atom is -0.481 e. The van der Waals surface area contributed by atoms with Crippen LogP contribution in [0.15, 0.2) is 29.2 Å². The van der Waals surface area contributed by atoms with Gasteiger partial charge in [-0.05, 0) is 67.1 Å². The highest BCUT2D eigenvalue weighted by Crippen LogP contribution is 2.21. The van der Waals surface area contributed by atoms with Gasteiger partial charge in [-0.15, -0.1) is 0 Å². The summed E-state index contributed by atoms with van der Waals surface area (Å²) < 4.78 is 0. The van der Waals surface area contributed by atoms with E-state index in [-0.39, 0.29) is 25.9 Å². The number of thiocyanates is 1. The standard InChI is InChI=1S/C23H35N3O4S.C6H14.2C3H6O2/c1-3-5-6-20(14-19-7-9-21(10-8-19)31-18-24)15-26(17-23(29)30)13-12-25(11-4-2)16-22(27)28;1-4-6(3)5-2;2*1-2-3(4)5/h7-10,20H,3-6,11-17H2,1-2H3,(H,27,28)(H,29,30);6H,4-5H2,1-3H3;2*2H2,1H3,(H,4,5). The van der Waals surface area contributed by atoms with Crippen molar-refractivity contribution in [2.45, 2.75) is 111 Å². The van der Waals surface area contributed by atoms with Crippen LogP contribution in [0.25, 0.3) is 0 Å². The van der Waals surface area contributed by atoms with Crippen molar-refractivity contribution >= 4 is 35.6 Å². The molecule has 0 spiro atoms. The van der Waals surface area contributed by atoms with Gasteiger partial charge in [-0.2, -0.15) is 5.26 Å². The van der Waals surface area contributed by atoms with Gasteiger partial charge in [-0.3, -0.25) is 29.0 Å². The number of carboxylic acid groups (broad SMARTS) is 4. The molecule has 12 heteroatoms. The fourth-order valence-electron chi connectivity index (χ4n) is 3.97. The van der Waals surface area contributed by atoms with Crippen molar-refractivity contribution in [3.8, 4) is 5.40 Å². The van der Waals surface area contributed by atoms with Crippen molar-refractivity contribution in [3.63, 3.8) is 0 Å². The van der Waals surface area contributed by atoms with Crippen LogP contribution in [0.3, 0.4) is 0 Å². The SMILES string of the molecule is CCC(=O)O.CCC(=O)O.CCC(C)CC.CCCCC(Cc1ccc(SC#N)cc1)CN(CCN(CCC)CC(=O)O)CC(=O)O. The molecule has 0 aliphatic rings. The number of carboxylic acids is 4. The lowest BCUT2D eigenvalue weighted by atomic mass is 9.93. The van der Waals surface area contributed by atoms with Gasteiger partial charge >= 0.3 is 23.9 Å². The van der Waals surface area contributed by atoms with Crippen LogP contribution in [0.4, 0.5) is 0 Å². The predicted molar refractivity (Wildman–Crippen MR) is 189 cm³/mol. The lowest BCUT2D eigenvalue weighted by Gasteiger charge is -2.29. The number of rotatable bonds is 21. The first-order valence-electron chi connectivity index (χ1n) is 16.7. The number of unbranched alkanes of at least 4 members (excludes halogenated alkanes) is 1. The molecule has 11 nitrogen and oxygen atoms in total. The van der Waals surface area contributed by atoms with E-state index in [1.165, 1.54) is 18.4 Å². The summed E-state index contributed by atoms with van der Waals surface area (Å²) in [6, 6.07) is 7.97. The van der Waals surface area contributed by atoms with Crippen molar-refractivity contribution < 1.29 is 39.6 Å². The molecule has 1 aromatic rings. The summed E-state index contributed by atoms with van der Waals surface area (Å²) in [5, 5.41) is 44.8. The number of aliphatic carboxylic acids is 4. The molecule has 1 atom stereocenters. The zero-order chi connectivity index (χ0) is 36.6. The van der Waals surface area contributed by atoms with Gasteiger partial charge in [0.25, 0.3) is 0 Å². The van der Waals surface area contributed by atoms with Gasteiger partial charge in [-0.1, -0.05) is 86.3 Å². The minimum atomic E-state index is -0.868. The topological polar surface area (TPSA) is 179 Å². The lowest BCUT2D eigenvalue weighted by Crippen LogP contribution is -2.42. The van der Waals surface area contributed by atoms with E-state index in [1.54, 1.807) is 13.8 Å². The van der Waals surface area contributed by atoms with Crippen LogP contribution in [-0.4, -0.2) is 93.4 Å². The Labute approximate surface area is 287 Å². The largest absolute Gasteiger partial charge is 0.481 e. The molecule has 0 saturated carbocycles. The Bertz CT molecular complexity index is 984. The van der Waals surface area contributed by atoms with Crippen LogP contribution in [-0.2, 0) is 25.6 Å². The molecule has 0 amide bonds. The summed E-state index contributed by atoms with van der Waals surface area (Å²) in [4.78, 5) is 46.0. The van der Waals surface area contributed by atoms with Crippen molar-refractivity contribution in [3.05, 3.63) is 29.8 Å². The first-order valence-corrected chi connectivity index (χ1v) is 17.5. The summed E-state index contributed by atoms with van der Waals surface area (Å²) in [6.45, 7) is 16.4. The third-order valence-electron chi connectivity index (χ3n) is 7.08. The van der Waals surface area contributed by atoms with Crippen molar-refractivity contribution in [1.29, 1.82) is 5.26 Å². The molecule has 0 radical (unpaired) electrons. The molecule has 4 N–H and O–H groups in total. The fraction of sp³-hybridized carbons (Fsp3) is 0.686.